The molecule has 3 amide bonds. The Morgan fingerprint density at radius 2 is 1.56 bits per heavy atom. The normalized spacial score (nSPS) is 14.0. The van der Waals surface area contributed by atoms with E-state index < -0.39 is 47.9 Å². The summed E-state index contributed by atoms with van der Waals surface area (Å²) < 4.78 is 0. The number of hydrogen-bond acceptors (Lipinski definition) is 7. The number of phenolic OH excluding ortho intramolecular Hbond substituents is 1. The summed E-state index contributed by atoms with van der Waals surface area (Å²) >= 11 is 0. The summed E-state index contributed by atoms with van der Waals surface area (Å²) in [6, 6.07) is 9.38. The number of aromatic hydroxyl groups is 1. The second-order valence-electron chi connectivity index (χ2n) is 10.0. The summed E-state index contributed by atoms with van der Waals surface area (Å²) in [5.74, 6) is -3.02. The molecule has 0 bridgehead atoms. The lowest BCUT2D eigenvalue weighted by Gasteiger charge is -2.24. The molecule has 220 valence electrons. The number of carbonyl (C=O) groups is 4. The fourth-order valence-corrected chi connectivity index (χ4v) is 4.41. The number of carbonyl (C=O) groups excluding carboxylic acids is 3. The SMILES string of the molecule is CC(NC(=O)C(N)Cc1c[nH]c2ccccc12)C(=O)NC(CCCCN)C(=O)NC(Cc1ccc(O)cc1)C(=O)O. The van der Waals surface area contributed by atoms with Crippen molar-refractivity contribution in [1.29, 1.82) is 0 Å². The number of amides is 3. The van der Waals surface area contributed by atoms with Gasteiger partial charge in [-0.3, -0.25) is 14.4 Å². The molecule has 0 saturated heterocycles. The van der Waals surface area contributed by atoms with Gasteiger partial charge in [0.1, 0.15) is 23.9 Å². The third-order valence-electron chi connectivity index (χ3n) is 6.77. The first-order valence-corrected chi connectivity index (χ1v) is 13.5. The Labute approximate surface area is 237 Å². The topological polar surface area (TPSA) is 213 Å². The number of phenols is 1. The molecule has 12 heteroatoms. The van der Waals surface area contributed by atoms with Crippen molar-refractivity contribution in [2.45, 2.75) is 63.2 Å². The summed E-state index contributed by atoms with van der Waals surface area (Å²) in [5.41, 5.74) is 14.1. The third kappa shape index (κ3) is 9.05. The number of hydrogen-bond donors (Lipinski definition) is 8. The summed E-state index contributed by atoms with van der Waals surface area (Å²) in [6.07, 6.45) is 3.37. The van der Waals surface area contributed by atoms with Gasteiger partial charge in [-0.1, -0.05) is 30.3 Å². The van der Waals surface area contributed by atoms with Gasteiger partial charge in [0.25, 0.3) is 0 Å². The van der Waals surface area contributed by atoms with Crippen LogP contribution in [0.2, 0.25) is 0 Å². The smallest absolute Gasteiger partial charge is 0.326 e. The fourth-order valence-electron chi connectivity index (χ4n) is 4.41. The number of aromatic nitrogens is 1. The molecule has 2 aromatic carbocycles. The van der Waals surface area contributed by atoms with Crippen molar-refractivity contribution >= 4 is 34.6 Å². The second kappa shape index (κ2) is 14.8. The molecule has 0 aliphatic rings. The lowest BCUT2D eigenvalue weighted by molar-refractivity contribution is -0.142. The van der Waals surface area contributed by atoms with E-state index in [0.717, 1.165) is 16.5 Å². The molecule has 4 atom stereocenters. The molecule has 41 heavy (non-hydrogen) atoms. The van der Waals surface area contributed by atoms with Crippen LogP contribution in [0.1, 0.15) is 37.3 Å². The number of rotatable bonds is 15. The van der Waals surface area contributed by atoms with Gasteiger partial charge in [0, 0.05) is 23.5 Å². The van der Waals surface area contributed by atoms with E-state index in [1.54, 1.807) is 18.3 Å². The number of nitrogens with two attached hydrogens (primary N) is 2. The van der Waals surface area contributed by atoms with Crippen LogP contribution in [0.5, 0.6) is 5.75 Å². The van der Waals surface area contributed by atoms with E-state index in [2.05, 4.69) is 20.9 Å². The van der Waals surface area contributed by atoms with Crippen LogP contribution in [0, 0.1) is 0 Å². The molecule has 3 rings (SSSR count). The van der Waals surface area contributed by atoms with Gasteiger partial charge in [-0.2, -0.15) is 0 Å². The molecule has 0 fully saturated rings. The highest BCUT2D eigenvalue weighted by atomic mass is 16.4. The van der Waals surface area contributed by atoms with Crippen LogP contribution in [-0.2, 0) is 32.0 Å². The Morgan fingerprint density at radius 1 is 0.878 bits per heavy atom. The quantitative estimate of drug-likeness (QED) is 0.122. The largest absolute Gasteiger partial charge is 0.508 e. The first kappa shape index (κ1) is 31.1. The molecule has 4 unspecified atom stereocenters. The highest BCUT2D eigenvalue weighted by Gasteiger charge is 2.29. The maximum Gasteiger partial charge on any atom is 0.326 e. The molecule has 10 N–H and O–H groups in total. The van der Waals surface area contributed by atoms with Gasteiger partial charge in [0.05, 0.1) is 6.04 Å². The van der Waals surface area contributed by atoms with Crippen LogP contribution in [0.3, 0.4) is 0 Å². The number of aromatic amines is 1. The molecule has 0 spiro atoms. The number of benzene rings is 2. The maximum atomic E-state index is 13.1. The van der Waals surface area contributed by atoms with Crippen molar-refractivity contribution in [2.75, 3.05) is 6.54 Å². The molecule has 3 aromatic rings. The number of nitrogens with one attached hydrogen (secondary N) is 4. The number of aliphatic carboxylic acids is 1. The summed E-state index contributed by atoms with van der Waals surface area (Å²) in [5, 5.41) is 27.8. The molecular weight excluding hydrogens is 528 g/mol. The van der Waals surface area contributed by atoms with Gasteiger partial charge in [-0.05, 0) is 68.5 Å². The zero-order valence-corrected chi connectivity index (χ0v) is 22.9. The van der Waals surface area contributed by atoms with Crippen LogP contribution < -0.4 is 27.4 Å². The fraction of sp³-hybridized carbons (Fsp3) is 0.379. The van der Waals surface area contributed by atoms with Gasteiger partial charge in [-0.25, -0.2) is 4.79 Å². The average Bonchev–Trinajstić information content (AvgIpc) is 3.35. The molecule has 0 aliphatic carbocycles. The van der Waals surface area contributed by atoms with E-state index in [9.17, 15) is 29.4 Å². The Kier molecular flexibility index (Phi) is 11.2. The van der Waals surface area contributed by atoms with E-state index in [1.165, 1.54) is 19.1 Å². The number of unbranched alkanes of at least 4 members (excludes halogenated alkanes) is 1. The van der Waals surface area contributed by atoms with Gasteiger partial charge in [0.15, 0.2) is 0 Å². The number of carboxylic acid groups (broad SMARTS) is 1. The van der Waals surface area contributed by atoms with Crippen LogP contribution in [0.25, 0.3) is 10.9 Å². The maximum absolute atomic E-state index is 13.1. The van der Waals surface area contributed by atoms with E-state index in [1.807, 2.05) is 24.3 Å². The zero-order chi connectivity index (χ0) is 29.9. The predicted octanol–water partition coefficient (Wildman–Crippen LogP) is 0.674. The van der Waals surface area contributed by atoms with Gasteiger partial charge < -0.3 is 42.6 Å². The monoisotopic (exact) mass is 566 g/mol. The highest BCUT2D eigenvalue weighted by molar-refractivity contribution is 5.94. The van der Waals surface area contributed by atoms with Crippen molar-refractivity contribution < 1.29 is 29.4 Å². The molecule has 0 aliphatic heterocycles. The Bertz CT molecular complexity index is 1340. The van der Waals surface area contributed by atoms with Crippen LogP contribution in [0.15, 0.2) is 54.7 Å². The lowest BCUT2D eigenvalue weighted by Crippen LogP contribution is -2.56. The molecule has 12 nitrogen and oxygen atoms in total. The minimum atomic E-state index is -1.26. The van der Waals surface area contributed by atoms with Gasteiger partial charge in [-0.15, -0.1) is 0 Å². The van der Waals surface area contributed by atoms with Crippen LogP contribution >= 0.6 is 0 Å². The van der Waals surface area contributed by atoms with Gasteiger partial charge >= 0.3 is 5.97 Å². The molecule has 1 aromatic heterocycles. The molecule has 1 heterocycles. The van der Waals surface area contributed by atoms with Crippen molar-refractivity contribution in [3.8, 4) is 5.75 Å². The Hall–Kier alpha value is -4.42. The summed E-state index contributed by atoms with van der Waals surface area (Å²) in [4.78, 5) is 53.8. The number of carboxylic acids is 1. The lowest BCUT2D eigenvalue weighted by atomic mass is 10.0. The van der Waals surface area contributed by atoms with Crippen molar-refractivity contribution in [3.05, 3.63) is 65.9 Å². The number of para-hydroxylation sites is 1. The summed E-state index contributed by atoms with van der Waals surface area (Å²) in [6.45, 7) is 1.87. The van der Waals surface area contributed by atoms with Crippen LogP contribution in [-0.4, -0.2) is 69.6 Å². The zero-order valence-electron chi connectivity index (χ0n) is 22.9. The standard InChI is InChI=1S/C29H38N6O6/c1-17(33-27(38)22(31)15-19-16-32-23-7-3-2-6-21(19)23)26(37)34-24(8-4-5-13-30)28(39)35-25(29(40)41)14-18-9-11-20(36)12-10-18/h2-3,6-7,9-12,16-17,22,24-25,32,36H,4-5,8,13-15,30-31H2,1H3,(H,33,38)(H,34,37)(H,35,39)(H,40,41). The van der Waals surface area contributed by atoms with Crippen molar-refractivity contribution in [1.82, 2.24) is 20.9 Å². The number of fused-ring (bicyclic) bond motifs is 1. The molecular formula is C29H38N6O6. The van der Waals surface area contributed by atoms with Crippen molar-refractivity contribution in [2.24, 2.45) is 11.5 Å². The van der Waals surface area contributed by atoms with E-state index in [-0.39, 0.29) is 25.0 Å². The Morgan fingerprint density at radius 3 is 2.24 bits per heavy atom. The summed E-state index contributed by atoms with van der Waals surface area (Å²) in [7, 11) is 0. The van der Waals surface area contributed by atoms with E-state index >= 15 is 0 Å². The first-order valence-electron chi connectivity index (χ1n) is 13.5. The predicted molar refractivity (Wildman–Crippen MR) is 154 cm³/mol. The molecule has 0 saturated carbocycles. The third-order valence-corrected chi connectivity index (χ3v) is 6.77. The second-order valence-corrected chi connectivity index (χ2v) is 10.0. The first-order chi connectivity index (χ1) is 19.6. The number of H-pyrrole nitrogens is 1. The minimum Gasteiger partial charge on any atom is -0.508 e. The van der Waals surface area contributed by atoms with Crippen LogP contribution in [0.4, 0.5) is 0 Å². The van der Waals surface area contributed by atoms with Gasteiger partial charge in [0.2, 0.25) is 17.7 Å². The van der Waals surface area contributed by atoms with E-state index in [0.29, 0.717) is 24.9 Å². The van der Waals surface area contributed by atoms with E-state index in [4.69, 9.17) is 11.5 Å². The highest BCUT2D eigenvalue weighted by Crippen LogP contribution is 2.19. The molecule has 0 radical (unpaired) electrons. The average molecular weight is 567 g/mol. The Balaban J connectivity index is 1.60. The minimum absolute atomic E-state index is 0.0222. The van der Waals surface area contributed by atoms with Crippen molar-refractivity contribution in [3.63, 3.8) is 0 Å².